The Balaban J connectivity index is 1.55. The molecule has 0 spiro atoms. The number of thioether (sulfide) groups is 1. The van der Waals surface area contributed by atoms with Crippen LogP contribution in [0.25, 0.3) is 11.0 Å². The van der Waals surface area contributed by atoms with Gasteiger partial charge in [-0.15, -0.1) is 5.10 Å². The predicted octanol–water partition coefficient (Wildman–Crippen LogP) is 5.75. The number of aromatic nitrogens is 3. The number of benzene rings is 3. The first-order chi connectivity index (χ1) is 12.9. The average Bonchev–Trinajstić information content (AvgIpc) is 3.13. The Hall–Kier alpha value is -2.59. The maximum absolute atomic E-state index is 4.46. The Bertz CT molecular complexity index is 951. The summed E-state index contributed by atoms with van der Waals surface area (Å²) in [5.74, 6) is 0. The summed E-state index contributed by atoms with van der Waals surface area (Å²) in [6.07, 6.45) is 3.24. The predicted molar refractivity (Wildman–Crippen MR) is 108 cm³/mol. The molecule has 4 heteroatoms. The molecule has 0 saturated carbocycles. The zero-order chi connectivity index (χ0) is 17.6. The van der Waals surface area contributed by atoms with E-state index >= 15 is 0 Å². The number of hydrogen-bond acceptors (Lipinski definition) is 3. The van der Waals surface area contributed by atoms with Crippen LogP contribution >= 0.6 is 11.8 Å². The van der Waals surface area contributed by atoms with Crippen molar-refractivity contribution in [1.82, 2.24) is 15.0 Å². The molecule has 0 aliphatic carbocycles. The first kappa shape index (κ1) is 16.9. The van der Waals surface area contributed by atoms with Crippen LogP contribution in [-0.2, 0) is 6.42 Å². The summed E-state index contributed by atoms with van der Waals surface area (Å²) in [6.45, 7) is 0. The van der Waals surface area contributed by atoms with Crippen LogP contribution < -0.4 is 0 Å². The molecule has 1 heterocycles. The van der Waals surface area contributed by atoms with Crippen molar-refractivity contribution >= 4 is 22.8 Å². The number of fused-ring (bicyclic) bond motifs is 1. The van der Waals surface area contributed by atoms with Crippen molar-refractivity contribution < 1.29 is 0 Å². The molecule has 1 aromatic heterocycles. The van der Waals surface area contributed by atoms with Crippen LogP contribution in [0.1, 0.15) is 23.8 Å². The van der Waals surface area contributed by atoms with Crippen LogP contribution in [0, 0.1) is 0 Å². The van der Waals surface area contributed by atoms with E-state index in [0.717, 1.165) is 30.3 Å². The fraction of sp³-hybridized carbons (Fsp3) is 0.182. The van der Waals surface area contributed by atoms with Crippen molar-refractivity contribution in [1.29, 1.82) is 0 Å². The van der Waals surface area contributed by atoms with Gasteiger partial charge in [-0.3, -0.25) is 0 Å². The lowest BCUT2D eigenvalue weighted by atomic mass is 10.1. The minimum atomic E-state index is 0.230. The van der Waals surface area contributed by atoms with Gasteiger partial charge in [0, 0.05) is 4.90 Å². The maximum Gasteiger partial charge on any atom is 0.113 e. The third-order valence-electron chi connectivity index (χ3n) is 4.42. The first-order valence-corrected chi connectivity index (χ1v) is 9.84. The topological polar surface area (TPSA) is 30.7 Å². The minimum absolute atomic E-state index is 0.230. The fourth-order valence-corrected chi connectivity index (χ4v) is 4.28. The van der Waals surface area contributed by atoms with Crippen LogP contribution in [0.3, 0.4) is 0 Å². The lowest BCUT2D eigenvalue weighted by Crippen LogP contribution is -2.08. The third-order valence-corrected chi connectivity index (χ3v) is 5.68. The molecule has 3 nitrogen and oxygen atoms in total. The fourth-order valence-electron chi connectivity index (χ4n) is 3.11. The van der Waals surface area contributed by atoms with Gasteiger partial charge in [0.25, 0.3) is 0 Å². The third kappa shape index (κ3) is 3.97. The van der Waals surface area contributed by atoms with Crippen LogP contribution in [0.4, 0.5) is 0 Å². The summed E-state index contributed by atoms with van der Waals surface area (Å²) in [4.78, 5) is 1.26. The molecule has 0 aliphatic rings. The van der Waals surface area contributed by atoms with Gasteiger partial charge in [-0.2, -0.15) is 0 Å². The lowest BCUT2D eigenvalue weighted by molar-refractivity contribution is 0.540. The van der Waals surface area contributed by atoms with Crippen LogP contribution in [0.5, 0.6) is 0 Å². The highest BCUT2D eigenvalue weighted by atomic mass is 32.2. The molecule has 4 aromatic rings. The van der Waals surface area contributed by atoms with Crippen LogP contribution in [-0.4, -0.2) is 15.0 Å². The van der Waals surface area contributed by atoms with Crippen molar-refractivity contribution in [3.8, 4) is 0 Å². The summed E-state index contributed by atoms with van der Waals surface area (Å²) in [6, 6.07) is 29.4. The molecule has 0 bridgehead atoms. The van der Waals surface area contributed by atoms with Gasteiger partial charge >= 0.3 is 0 Å². The van der Waals surface area contributed by atoms with Gasteiger partial charge in [-0.05, 0) is 49.1 Å². The number of rotatable bonds is 7. The van der Waals surface area contributed by atoms with Gasteiger partial charge in [-0.25, -0.2) is 4.68 Å². The van der Waals surface area contributed by atoms with E-state index in [1.54, 1.807) is 0 Å². The van der Waals surface area contributed by atoms with E-state index in [0.29, 0.717) is 0 Å². The number of nitrogens with zero attached hydrogens (tertiary/aromatic N) is 3. The normalized spacial score (nSPS) is 12.3. The molecule has 26 heavy (non-hydrogen) atoms. The molecule has 0 aliphatic heterocycles. The van der Waals surface area contributed by atoms with Gasteiger partial charge in [0.1, 0.15) is 10.9 Å². The van der Waals surface area contributed by atoms with E-state index in [1.165, 1.54) is 10.5 Å². The van der Waals surface area contributed by atoms with Crippen molar-refractivity contribution in [2.75, 3.05) is 0 Å². The molecular formula is C22H21N3S. The summed E-state index contributed by atoms with van der Waals surface area (Å²) in [7, 11) is 0. The Morgan fingerprint density at radius 2 is 1.50 bits per heavy atom. The van der Waals surface area contributed by atoms with Crippen molar-refractivity contribution in [3.05, 3.63) is 90.5 Å². The highest BCUT2D eigenvalue weighted by molar-refractivity contribution is 7.99. The van der Waals surface area contributed by atoms with Crippen molar-refractivity contribution in [2.24, 2.45) is 0 Å². The van der Waals surface area contributed by atoms with Crippen LogP contribution in [0.2, 0.25) is 0 Å². The first-order valence-electron chi connectivity index (χ1n) is 8.96. The summed E-state index contributed by atoms with van der Waals surface area (Å²) in [5, 5.41) is 9.04. The van der Waals surface area contributed by atoms with Gasteiger partial charge in [-0.1, -0.05) is 77.6 Å². The summed E-state index contributed by atoms with van der Waals surface area (Å²) in [5.41, 5.74) is 3.44. The molecule has 0 N–H and O–H groups in total. The highest BCUT2D eigenvalue weighted by Crippen LogP contribution is 2.36. The van der Waals surface area contributed by atoms with E-state index in [9.17, 15) is 0 Å². The van der Waals surface area contributed by atoms with Gasteiger partial charge in [0.05, 0.1) is 5.52 Å². The SMILES string of the molecule is c1ccc(CCCC(Sc2ccccc2)n2nnc3ccccc32)cc1. The second kappa shape index (κ2) is 8.19. The molecule has 3 aromatic carbocycles. The average molecular weight is 359 g/mol. The molecular weight excluding hydrogens is 338 g/mol. The zero-order valence-corrected chi connectivity index (χ0v) is 15.3. The smallest absolute Gasteiger partial charge is 0.113 e. The second-order valence-electron chi connectivity index (χ2n) is 6.29. The largest absolute Gasteiger partial charge is 0.231 e. The molecule has 130 valence electrons. The summed E-state index contributed by atoms with van der Waals surface area (Å²) >= 11 is 1.86. The quantitative estimate of drug-likeness (QED) is 0.394. The molecule has 4 rings (SSSR count). The summed E-state index contributed by atoms with van der Waals surface area (Å²) < 4.78 is 2.08. The van der Waals surface area contributed by atoms with Gasteiger partial charge in [0.2, 0.25) is 0 Å². The molecule has 0 amide bonds. The van der Waals surface area contributed by atoms with Crippen molar-refractivity contribution in [3.63, 3.8) is 0 Å². The Labute approximate surface area is 158 Å². The Morgan fingerprint density at radius 1 is 0.808 bits per heavy atom. The number of aryl methyl sites for hydroxylation is 1. The monoisotopic (exact) mass is 359 g/mol. The van der Waals surface area contributed by atoms with Crippen LogP contribution in [0.15, 0.2) is 89.8 Å². The van der Waals surface area contributed by atoms with Crippen molar-refractivity contribution in [2.45, 2.75) is 29.5 Å². The molecule has 0 radical (unpaired) electrons. The van der Waals surface area contributed by atoms with E-state index in [2.05, 4.69) is 87.8 Å². The maximum atomic E-state index is 4.46. The van der Waals surface area contributed by atoms with Gasteiger partial charge in [0.15, 0.2) is 0 Å². The van der Waals surface area contributed by atoms with Gasteiger partial charge < -0.3 is 0 Å². The Kier molecular flexibility index (Phi) is 5.31. The number of para-hydroxylation sites is 1. The molecule has 1 unspecified atom stereocenters. The molecule has 0 fully saturated rings. The van der Waals surface area contributed by atoms with E-state index in [-0.39, 0.29) is 5.37 Å². The second-order valence-corrected chi connectivity index (χ2v) is 7.54. The zero-order valence-electron chi connectivity index (χ0n) is 14.5. The minimum Gasteiger partial charge on any atom is -0.231 e. The molecule has 0 saturated heterocycles. The standard InChI is InChI=1S/C22H21N3S/c1-3-10-18(11-4-1)12-9-17-22(26-19-13-5-2-6-14-19)25-21-16-8-7-15-20(21)23-24-25/h1-8,10-11,13-16,22H,9,12,17H2. The Morgan fingerprint density at radius 3 is 2.31 bits per heavy atom. The van der Waals surface area contributed by atoms with E-state index in [4.69, 9.17) is 0 Å². The molecule has 1 atom stereocenters. The lowest BCUT2D eigenvalue weighted by Gasteiger charge is -2.17. The highest BCUT2D eigenvalue weighted by Gasteiger charge is 2.17. The number of hydrogen-bond donors (Lipinski definition) is 0. The van der Waals surface area contributed by atoms with E-state index < -0.39 is 0 Å². The van der Waals surface area contributed by atoms with E-state index in [1.807, 2.05) is 23.9 Å².